The Hall–Kier alpha value is -3.86. The van der Waals surface area contributed by atoms with Gasteiger partial charge in [0.05, 0.1) is 17.4 Å². The lowest BCUT2D eigenvalue weighted by molar-refractivity contribution is 0.0697. The highest BCUT2D eigenvalue weighted by molar-refractivity contribution is 7.61. The van der Waals surface area contributed by atoms with Gasteiger partial charge in [0.2, 0.25) is 0 Å². The van der Waals surface area contributed by atoms with Gasteiger partial charge < -0.3 is 20.1 Å². The number of aliphatic hydroxyl groups is 1. The minimum Gasteiger partial charge on any atom is -0.478 e. The number of hydrogen-bond acceptors (Lipinski definition) is 7. The SMILES string of the molecule is CC(C)(CCn1c(Cc2ccncc2)cc2cc(C(=O)O)ccc21)NCC(O)c1cccc(N=S(=O)=O)c1. The Morgan fingerprint density at radius 2 is 1.87 bits per heavy atom. The predicted molar refractivity (Wildman–Crippen MR) is 145 cm³/mol. The van der Waals surface area contributed by atoms with Gasteiger partial charge in [-0.2, -0.15) is 8.42 Å². The molecule has 2 aromatic heterocycles. The summed E-state index contributed by atoms with van der Waals surface area (Å²) in [7, 11) is -2.56. The zero-order valence-corrected chi connectivity index (χ0v) is 22.0. The molecule has 1 atom stereocenters. The number of nitrogens with one attached hydrogen (secondary N) is 1. The molecule has 0 amide bonds. The molecule has 0 radical (unpaired) electrons. The maximum absolute atomic E-state index is 11.5. The normalized spacial score (nSPS) is 12.4. The molecule has 38 heavy (non-hydrogen) atoms. The highest BCUT2D eigenvalue weighted by Gasteiger charge is 2.21. The monoisotopic (exact) mass is 534 g/mol. The summed E-state index contributed by atoms with van der Waals surface area (Å²) >= 11 is 0. The quantitative estimate of drug-likeness (QED) is 0.258. The first-order chi connectivity index (χ1) is 18.1. The lowest BCUT2D eigenvalue weighted by Crippen LogP contribution is -2.42. The van der Waals surface area contributed by atoms with E-state index in [4.69, 9.17) is 0 Å². The number of carbonyl (C=O) groups is 1. The van der Waals surface area contributed by atoms with Crippen molar-refractivity contribution in [2.24, 2.45) is 4.36 Å². The van der Waals surface area contributed by atoms with E-state index in [0.29, 0.717) is 18.5 Å². The Labute approximate surface area is 222 Å². The molecule has 0 aliphatic carbocycles. The molecule has 9 nitrogen and oxygen atoms in total. The molecule has 0 saturated carbocycles. The highest BCUT2D eigenvalue weighted by Crippen LogP contribution is 2.26. The minimum atomic E-state index is -2.56. The molecule has 198 valence electrons. The summed E-state index contributed by atoms with van der Waals surface area (Å²) in [6, 6.07) is 17.7. The summed E-state index contributed by atoms with van der Waals surface area (Å²) in [6.07, 6.45) is 4.09. The third-order valence-corrected chi connectivity index (χ3v) is 6.90. The van der Waals surface area contributed by atoms with E-state index in [2.05, 4.69) is 33.1 Å². The first kappa shape index (κ1) is 27.2. The standard InChI is InChI=1S/C28H30N4O5S/c1-28(2,30-18-26(33)20-4-3-5-23(16-20)31-38(36)37)10-13-32-24(14-19-8-11-29-12-9-19)17-22-15-21(27(34)35)6-7-25(22)32/h3-9,11-12,15-17,26,30,33H,10,13-14,18H2,1-2H3,(H,34,35). The lowest BCUT2D eigenvalue weighted by atomic mass is 9.99. The predicted octanol–water partition coefficient (Wildman–Crippen LogP) is 4.51. The van der Waals surface area contributed by atoms with Gasteiger partial charge >= 0.3 is 16.5 Å². The molecule has 0 spiro atoms. The molecule has 0 fully saturated rings. The Kier molecular flexibility index (Phi) is 8.35. The summed E-state index contributed by atoms with van der Waals surface area (Å²) < 4.78 is 27.4. The number of aromatic nitrogens is 2. The van der Waals surface area contributed by atoms with Crippen molar-refractivity contribution in [1.82, 2.24) is 14.9 Å². The average molecular weight is 535 g/mol. The van der Waals surface area contributed by atoms with Crippen LogP contribution in [-0.2, 0) is 23.5 Å². The van der Waals surface area contributed by atoms with Gasteiger partial charge in [0.1, 0.15) is 0 Å². The van der Waals surface area contributed by atoms with Crippen LogP contribution >= 0.6 is 0 Å². The fourth-order valence-electron chi connectivity index (χ4n) is 4.43. The first-order valence-electron chi connectivity index (χ1n) is 12.2. The zero-order valence-electron chi connectivity index (χ0n) is 21.2. The summed E-state index contributed by atoms with van der Waals surface area (Å²) in [5, 5.41) is 24.4. The second-order valence-electron chi connectivity index (χ2n) is 9.83. The van der Waals surface area contributed by atoms with Gasteiger partial charge in [-0.05, 0) is 79.9 Å². The maximum atomic E-state index is 11.5. The van der Waals surface area contributed by atoms with Gasteiger partial charge in [-0.1, -0.05) is 12.1 Å². The Balaban J connectivity index is 1.50. The maximum Gasteiger partial charge on any atom is 0.335 e. The molecule has 3 N–H and O–H groups in total. The van der Waals surface area contributed by atoms with Crippen LogP contribution in [0, 0.1) is 0 Å². The van der Waals surface area contributed by atoms with E-state index in [1.807, 2.05) is 24.3 Å². The minimum absolute atomic E-state index is 0.249. The highest BCUT2D eigenvalue weighted by atomic mass is 32.2. The number of aromatic carboxylic acids is 1. The van der Waals surface area contributed by atoms with Crippen LogP contribution in [0.2, 0.25) is 0 Å². The van der Waals surface area contributed by atoms with Crippen molar-refractivity contribution < 1.29 is 23.4 Å². The number of benzene rings is 2. The molecular formula is C28H30N4O5S. The number of fused-ring (bicyclic) bond motifs is 1. The molecule has 0 aliphatic heterocycles. The lowest BCUT2D eigenvalue weighted by Gasteiger charge is -2.29. The number of β-amino-alcohol motifs (C(OH)–C–C–N with tert-alkyl or cyclic N) is 1. The Morgan fingerprint density at radius 1 is 1.11 bits per heavy atom. The van der Waals surface area contributed by atoms with Crippen LogP contribution < -0.4 is 5.32 Å². The number of rotatable bonds is 11. The van der Waals surface area contributed by atoms with E-state index in [1.54, 1.807) is 48.8 Å². The molecular weight excluding hydrogens is 504 g/mol. The molecule has 0 saturated heterocycles. The zero-order chi connectivity index (χ0) is 27.3. The van der Waals surface area contributed by atoms with E-state index in [9.17, 15) is 23.4 Å². The van der Waals surface area contributed by atoms with Crippen LogP contribution in [0.3, 0.4) is 0 Å². The molecule has 4 rings (SSSR count). The number of nitrogens with zero attached hydrogens (tertiary/aromatic N) is 3. The van der Waals surface area contributed by atoms with Crippen molar-refractivity contribution in [3.05, 3.63) is 95.4 Å². The summed E-state index contributed by atoms with van der Waals surface area (Å²) in [6.45, 7) is 5.07. The largest absolute Gasteiger partial charge is 0.478 e. The van der Waals surface area contributed by atoms with Gasteiger partial charge in [-0.25, -0.2) is 4.79 Å². The van der Waals surface area contributed by atoms with Crippen molar-refractivity contribution >= 4 is 33.1 Å². The van der Waals surface area contributed by atoms with Gasteiger partial charge in [0.25, 0.3) is 0 Å². The van der Waals surface area contributed by atoms with Crippen LogP contribution in [-0.4, -0.2) is 46.2 Å². The number of carboxylic acids is 1. The van der Waals surface area contributed by atoms with Crippen molar-refractivity contribution in [1.29, 1.82) is 0 Å². The van der Waals surface area contributed by atoms with Gasteiger partial charge in [0.15, 0.2) is 0 Å². The summed E-state index contributed by atoms with van der Waals surface area (Å²) in [5.74, 6) is -0.959. The molecule has 2 aromatic carbocycles. The summed E-state index contributed by atoms with van der Waals surface area (Å²) in [4.78, 5) is 15.6. The van der Waals surface area contributed by atoms with Crippen LogP contribution in [0.25, 0.3) is 10.9 Å². The Bertz CT molecular complexity index is 1570. The van der Waals surface area contributed by atoms with Crippen LogP contribution in [0.15, 0.2) is 77.4 Å². The molecule has 10 heteroatoms. The molecule has 1 unspecified atom stereocenters. The number of pyridine rings is 1. The van der Waals surface area contributed by atoms with Crippen LogP contribution in [0.1, 0.15) is 53.6 Å². The average Bonchev–Trinajstić information content (AvgIpc) is 3.22. The van der Waals surface area contributed by atoms with E-state index < -0.39 is 22.6 Å². The van der Waals surface area contributed by atoms with E-state index in [0.717, 1.165) is 28.6 Å². The number of carboxylic acid groups (broad SMARTS) is 1. The van der Waals surface area contributed by atoms with E-state index >= 15 is 0 Å². The second kappa shape index (κ2) is 11.7. The van der Waals surface area contributed by atoms with Crippen LogP contribution in [0.5, 0.6) is 0 Å². The van der Waals surface area contributed by atoms with Crippen molar-refractivity contribution in [3.63, 3.8) is 0 Å². The Morgan fingerprint density at radius 3 is 2.58 bits per heavy atom. The smallest absolute Gasteiger partial charge is 0.335 e. The van der Waals surface area contributed by atoms with Crippen molar-refractivity contribution in [2.75, 3.05) is 6.54 Å². The molecule has 2 heterocycles. The van der Waals surface area contributed by atoms with E-state index in [-0.39, 0.29) is 23.3 Å². The number of hydrogen-bond donors (Lipinski definition) is 3. The van der Waals surface area contributed by atoms with Gasteiger partial charge in [-0.3, -0.25) is 4.98 Å². The van der Waals surface area contributed by atoms with Crippen molar-refractivity contribution in [3.8, 4) is 0 Å². The molecule has 0 bridgehead atoms. The third-order valence-electron chi connectivity index (χ3n) is 6.54. The fraction of sp³-hybridized carbons (Fsp3) is 0.286. The fourth-order valence-corrected chi connectivity index (χ4v) is 4.71. The number of aliphatic hydroxyl groups excluding tert-OH is 1. The first-order valence-corrected chi connectivity index (χ1v) is 13.2. The molecule has 0 aliphatic rings. The van der Waals surface area contributed by atoms with Gasteiger partial charge in [-0.15, -0.1) is 4.36 Å². The number of aryl methyl sites for hydroxylation is 1. The topological polar surface area (TPSA) is 134 Å². The summed E-state index contributed by atoms with van der Waals surface area (Å²) in [5.41, 5.74) is 3.89. The second-order valence-corrected chi connectivity index (χ2v) is 10.4. The van der Waals surface area contributed by atoms with E-state index in [1.165, 1.54) is 0 Å². The van der Waals surface area contributed by atoms with Crippen LogP contribution in [0.4, 0.5) is 5.69 Å². The third kappa shape index (κ3) is 6.91. The molecule has 4 aromatic rings. The van der Waals surface area contributed by atoms with Gasteiger partial charge in [0, 0.05) is 54.0 Å². The van der Waals surface area contributed by atoms with Crippen molar-refractivity contribution in [2.45, 2.75) is 44.9 Å².